The zero-order valence-corrected chi connectivity index (χ0v) is 11.2. The number of nitrogens with two attached hydrogens (primary N) is 1. The highest BCUT2D eigenvalue weighted by Crippen LogP contribution is 2.19. The summed E-state index contributed by atoms with van der Waals surface area (Å²) in [5.74, 6) is 6.18. The van der Waals surface area contributed by atoms with Crippen molar-refractivity contribution in [3.05, 3.63) is 60.2 Å². The Balaban J connectivity index is 1.87. The van der Waals surface area contributed by atoms with Crippen LogP contribution in [0, 0.1) is 5.82 Å². The summed E-state index contributed by atoms with van der Waals surface area (Å²) >= 11 is 1.66. The van der Waals surface area contributed by atoms with E-state index < -0.39 is 0 Å². The van der Waals surface area contributed by atoms with Crippen LogP contribution < -0.4 is 11.3 Å². The molecule has 0 radical (unpaired) electrons. The summed E-state index contributed by atoms with van der Waals surface area (Å²) in [6.45, 7) is 0. The summed E-state index contributed by atoms with van der Waals surface area (Å²) in [5.41, 5.74) is 4.01. The van der Waals surface area contributed by atoms with E-state index in [4.69, 9.17) is 5.84 Å². The van der Waals surface area contributed by atoms with Crippen molar-refractivity contribution in [3.63, 3.8) is 0 Å². The topological polar surface area (TPSA) is 50.9 Å². The molecule has 1 aromatic heterocycles. The van der Waals surface area contributed by atoms with E-state index in [1.807, 2.05) is 12.1 Å². The summed E-state index contributed by atoms with van der Waals surface area (Å²) in [6, 6.07) is 10.6. The number of aromatic nitrogens is 1. The number of rotatable bonds is 6. The van der Waals surface area contributed by atoms with Crippen LogP contribution in [0.1, 0.15) is 5.56 Å². The molecule has 0 aliphatic rings. The Morgan fingerprint density at radius 1 is 1.16 bits per heavy atom. The van der Waals surface area contributed by atoms with Gasteiger partial charge in [-0.1, -0.05) is 0 Å². The van der Waals surface area contributed by atoms with Gasteiger partial charge in [0.1, 0.15) is 5.82 Å². The van der Waals surface area contributed by atoms with Crippen LogP contribution in [0.3, 0.4) is 0 Å². The maximum Gasteiger partial charge on any atom is 0.123 e. The van der Waals surface area contributed by atoms with Crippen molar-refractivity contribution in [2.45, 2.75) is 17.4 Å². The molecule has 19 heavy (non-hydrogen) atoms. The Labute approximate surface area is 116 Å². The Bertz CT molecular complexity index is 490. The third-order valence-corrected chi connectivity index (χ3v) is 3.91. The van der Waals surface area contributed by atoms with Crippen molar-refractivity contribution in [2.75, 3.05) is 5.75 Å². The van der Waals surface area contributed by atoms with Crippen LogP contribution in [-0.4, -0.2) is 16.8 Å². The fraction of sp³-hybridized carbons (Fsp3) is 0.214. The summed E-state index contributed by atoms with van der Waals surface area (Å²) in [5, 5.41) is 0. The molecule has 0 saturated heterocycles. The third-order valence-electron chi connectivity index (χ3n) is 2.73. The molecule has 0 spiro atoms. The van der Waals surface area contributed by atoms with Crippen LogP contribution in [0.2, 0.25) is 0 Å². The predicted molar refractivity (Wildman–Crippen MR) is 76.2 cm³/mol. The second kappa shape index (κ2) is 7.23. The number of halogens is 1. The predicted octanol–water partition coefficient (Wildman–Crippen LogP) is 2.39. The normalized spacial score (nSPS) is 12.3. The number of hydrogen-bond acceptors (Lipinski definition) is 4. The molecule has 0 aliphatic carbocycles. The Kier molecular flexibility index (Phi) is 5.32. The van der Waals surface area contributed by atoms with Crippen LogP contribution >= 0.6 is 11.8 Å². The van der Waals surface area contributed by atoms with Gasteiger partial charge in [0.05, 0.1) is 0 Å². The molecule has 1 atom stereocenters. The van der Waals surface area contributed by atoms with Gasteiger partial charge in [-0.25, -0.2) is 4.39 Å². The number of nitrogens with zero attached hydrogens (tertiary/aromatic N) is 1. The molecule has 1 heterocycles. The second-order valence-electron chi connectivity index (χ2n) is 4.19. The highest BCUT2D eigenvalue weighted by molar-refractivity contribution is 7.99. The van der Waals surface area contributed by atoms with E-state index in [9.17, 15) is 4.39 Å². The minimum Gasteiger partial charge on any atom is -0.271 e. The summed E-state index contributed by atoms with van der Waals surface area (Å²) in [4.78, 5) is 5.03. The van der Waals surface area contributed by atoms with Gasteiger partial charge in [-0.15, -0.1) is 11.8 Å². The molecule has 3 nitrogen and oxygen atoms in total. The summed E-state index contributed by atoms with van der Waals surface area (Å²) in [6.07, 6.45) is 4.39. The van der Waals surface area contributed by atoms with Crippen LogP contribution in [0.5, 0.6) is 0 Å². The maximum atomic E-state index is 12.8. The first-order valence-electron chi connectivity index (χ1n) is 6.01. The maximum absolute atomic E-state index is 12.8. The van der Waals surface area contributed by atoms with Gasteiger partial charge in [-0.2, -0.15) is 0 Å². The minimum absolute atomic E-state index is 0.164. The smallest absolute Gasteiger partial charge is 0.123 e. The second-order valence-corrected chi connectivity index (χ2v) is 5.28. The quantitative estimate of drug-likeness (QED) is 0.483. The lowest BCUT2D eigenvalue weighted by Crippen LogP contribution is -2.38. The Morgan fingerprint density at radius 2 is 1.84 bits per heavy atom. The van der Waals surface area contributed by atoms with Crippen molar-refractivity contribution in [1.82, 2.24) is 10.4 Å². The Morgan fingerprint density at radius 3 is 2.47 bits per heavy atom. The number of nitrogens with one attached hydrogen (secondary N) is 1. The molecule has 1 aromatic carbocycles. The van der Waals surface area contributed by atoms with E-state index in [1.54, 1.807) is 36.3 Å². The summed E-state index contributed by atoms with van der Waals surface area (Å²) < 4.78 is 12.8. The SMILES string of the molecule is NNC(CSc1ccc(F)cc1)Cc1ccncc1. The van der Waals surface area contributed by atoms with Crippen LogP contribution in [-0.2, 0) is 6.42 Å². The lowest BCUT2D eigenvalue weighted by atomic mass is 10.1. The number of thioether (sulfide) groups is 1. The van der Waals surface area contributed by atoms with Crippen molar-refractivity contribution in [2.24, 2.45) is 5.84 Å². The lowest BCUT2D eigenvalue weighted by molar-refractivity contribution is 0.575. The van der Waals surface area contributed by atoms with Gasteiger partial charge in [0.2, 0.25) is 0 Å². The monoisotopic (exact) mass is 277 g/mol. The zero-order chi connectivity index (χ0) is 13.5. The van der Waals surface area contributed by atoms with E-state index in [-0.39, 0.29) is 11.9 Å². The van der Waals surface area contributed by atoms with Crippen LogP contribution in [0.15, 0.2) is 53.7 Å². The number of benzene rings is 1. The third kappa shape index (κ3) is 4.63. The van der Waals surface area contributed by atoms with Gasteiger partial charge in [0, 0.05) is 29.1 Å². The largest absolute Gasteiger partial charge is 0.271 e. The average molecular weight is 277 g/mol. The number of pyridine rings is 1. The fourth-order valence-corrected chi connectivity index (χ4v) is 2.63. The molecule has 2 rings (SSSR count). The van der Waals surface area contributed by atoms with Crippen molar-refractivity contribution in [1.29, 1.82) is 0 Å². The lowest BCUT2D eigenvalue weighted by Gasteiger charge is -2.15. The number of hydrogen-bond donors (Lipinski definition) is 2. The Hall–Kier alpha value is -1.43. The van der Waals surface area contributed by atoms with Gasteiger partial charge >= 0.3 is 0 Å². The standard InChI is InChI=1S/C14H16FN3S/c15-12-1-3-14(4-2-12)19-10-13(18-16)9-11-5-7-17-8-6-11/h1-8,13,18H,9-10,16H2. The van der Waals surface area contributed by atoms with Gasteiger partial charge in [-0.05, 0) is 48.4 Å². The van der Waals surface area contributed by atoms with Crippen LogP contribution in [0.25, 0.3) is 0 Å². The van der Waals surface area contributed by atoms with Gasteiger partial charge in [-0.3, -0.25) is 16.3 Å². The van der Waals surface area contributed by atoms with Crippen molar-refractivity contribution < 1.29 is 4.39 Å². The molecule has 0 aliphatic heterocycles. The molecule has 5 heteroatoms. The van der Waals surface area contributed by atoms with Gasteiger partial charge in [0.15, 0.2) is 0 Å². The molecule has 2 aromatic rings. The molecule has 3 N–H and O–H groups in total. The van der Waals surface area contributed by atoms with Crippen molar-refractivity contribution in [3.8, 4) is 0 Å². The molecule has 0 bridgehead atoms. The first kappa shape index (κ1) is 14.0. The molecular weight excluding hydrogens is 261 g/mol. The molecular formula is C14H16FN3S. The van der Waals surface area contributed by atoms with E-state index >= 15 is 0 Å². The summed E-state index contributed by atoms with van der Waals surface area (Å²) in [7, 11) is 0. The highest BCUT2D eigenvalue weighted by Gasteiger charge is 2.08. The zero-order valence-electron chi connectivity index (χ0n) is 10.4. The fourth-order valence-electron chi connectivity index (χ4n) is 1.70. The van der Waals surface area contributed by atoms with E-state index in [2.05, 4.69) is 10.4 Å². The van der Waals surface area contributed by atoms with E-state index in [1.165, 1.54) is 17.7 Å². The first-order chi connectivity index (χ1) is 9.28. The van der Waals surface area contributed by atoms with Gasteiger partial charge < -0.3 is 0 Å². The van der Waals surface area contributed by atoms with E-state index in [0.29, 0.717) is 0 Å². The van der Waals surface area contributed by atoms with Crippen molar-refractivity contribution >= 4 is 11.8 Å². The van der Waals surface area contributed by atoms with Gasteiger partial charge in [0.25, 0.3) is 0 Å². The average Bonchev–Trinajstić information content (AvgIpc) is 2.46. The molecule has 1 unspecified atom stereocenters. The number of hydrazine groups is 1. The van der Waals surface area contributed by atoms with E-state index in [0.717, 1.165) is 17.1 Å². The molecule has 0 fully saturated rings. The first-order valence-corrected chi connectivity index (χ1v) is 7.00. The minimum atomic E-state index is -0.213. The molecule has 0 saturated carbocycles. The highest BCUT2D eigenvalue weighted by atomic mass is 32.2. The molecule has 100 valence electrons. The van der Waals surface area contributed by atoms with Crippen LogP contribution in [0.4, 0.5) is 4.39 Å². The molecule has 0 amide bonds.